The first-order valence-corrected chi connectivity index (χ1v) is 5.87. The zero-order chi connectivity index (χ0) is 10.1. The van der Waals surface area contributed by atoms with Gasteiger partial charge in [0, 0.05) is 12.3 Å². The number of rotatable bonds is 1. The van der Waals surface area contributed by atoms with Crippen LogP contribution in [0.1, 0.15) is 0 Å². The van der Waals surface area contributed by atoms with Gasteiger partial charge in [0.15, 0.2) is 5.17 Å². The second-order valence-electron chi connectivity index (χ2n) is 2.88. The van der Waals surface area contributed by atoms with Gasteiger partial charge in [-0.05, 0) is 12.1 Å². The van der Waals surface area contributed by atoms with Gasteiger partial charge in [-0.1, -0.05) is 41.0 Å². The largest absolute Gasteiger partial charge is 0.318 e. The van der Waals surface area contributed by atoms with Crippen molar-refractivity contribution in [3.05, 3.63) is 28.2 Å². The molecule has 0 spiro atoms. The van der Waals surface area contributed by atoms with E-state index in [4.69, 9.17) is 28.6 Å². The van der Waals surface area contributed by atoms with Crippen molar-refractivity contribution in [1.82, 2.24) is 0 Å². The van der Waals surface area contributed by atoms with Crippen LogP contribution < -0.4 is 4.90 Å². The molecule has 15 heavy (non-hydrogen) atoms. The molecule has 2 rings (SSSR count). The summed E-state index contributed by atoms with van der Waals surface area (Å²) < 4.78 is 0. The molecule has 6 heteroatoms. The second-order valence-corrected chi connectivity index (χ2v) is 4.77. The summed E-state index contributed by atoms with van der Waals surface area (Å²) in [7, 11) is 0. The minimum atomic E-state index is 0. The molecule has 82 valence electrons. The number of amidine groups is 1. The monoisotopic (exact) mass is 326 g/mol. The molecule has 0 saturated carbocycles. The highest BCUT2D eigenvalue weighted by molar-refractivity contribution is 8.93. The van der Waals surface area contributed by atoms with Crippen LogP contribution in [0.5, 0.6) is 0 Å². The van der Waals surface area contributed by atoms with Crippen LogP contribution in [0.4, 0.5) is 5.69 Å². The van der Waals surface area contributed by atoms with Crippen molar-refractivity contribution in [2.75, 3.05) is 17.2 Å². The zero-order valence-corrected chi connectivity index (χ0v) is 11.7. The molecule has 0 bridgehead atoms. The Morgan fingerprint density at radius 3 is 2.33 bits per heavy atom. The maximum Gasteiger partial charge on any atom is 0.161 e. The molecule has 0 radical (unpaired) electrons. The first kappa shape index (κ1) is 13.2. The minimum absolute atomic E-state index is 0. The van der Waals surface area contributed by atoms with E-state index >= 15 is 0 Å². The Balaban J connectivity index is 0.00000112. The summed E-state index contributed by atoms with van der Waals surface area (Å²) in [6, 6.07) is 5.39. The van der Waals surface area contributed by atoms with Crippen LogP contribution in [0.2, 0.25) is 10.0 Å². The molecule has 0 aromatic heterocycles. The summed E-state index contributed by atoms with van der Waals surface area (Å²) in [4.78, 5) is 1.84. The smallest absolute Gasteiger partial charge is 0.161 e. The summed E-state index contributed by atoms with van der Waals surface area (Å²) in [5.74, 6) is 0.917. The number of hydrogen-bond donors (Lipinski definition) is 1. The van der Waals surface area contributed by atoms with Gasteiger partial charge in [0.25, 0.3) is 0 Å². The van der Waals surface area contributed by atoms with Crippen molar-refractivity contribution in [2.24, 2.45) is 0 Å². The maximum atomic E-state index is 7.71. The van der Waals surface area contributed by atoms with Crippen LogP contribution in [0.15, 0.2) is 18.2 Å². The van der Waals surface area contributed by atoms with Crippen LogP contribution >= 0.6 is 51.9 Å². The van der Waals surface area contributed by atoms with Crippen LogP contribution in [0.25, 0.3) is 0 Å². The predicted octanol–water partition coefficient (Wildman–Crippen LogP) is 4.06. The van der Waals surface area contributed by atoms with E-state index in [9.17, 15) is 0 Å². The fourth-order valence-electron chi connectivity index (χ4n) is 1.37. The van der Waals surface area contributed by atoms with E-state index in [1.165, 1.54) is 11.8 Å². The first-order valence-electron chi connectivity index (χ1n) is 4.13. The topological polar surface area (TPSA) is 27.1 Å². The van der Waals surface area contributed by atoms with E-state index < -0.39 is 0 Å². The van der Waals surface area contributed by atoms with Gasteiger partial charge in [0.05, 0.1) is 15.7 Å². The second kappa shape index (κ2) is 5.43. The Morgan fingerprint density at radius 2 is 1.87 bits per heavy atom. The molecule has 1 aliphatic heterocycles. The van der Waals surface area contributed by atoms with Crippen LogP contribution in [-0.2, 0) is 0 Å². The van der Waals surface area contributed by atoms with Crippen molar-refractivity contribution in [2.45, 2.75) is 0 Å². The highest BCUT2D eigenvalue weighted by atomic mass is 79.9. The fourth-order valence-corrected chi connectivity index (χ4v) is 2.78. The molecule has 1 N–H and O–H groups in total. The predicted molar refractivity (Wildman–Crippen MR) is 74.3 cm³/mol. The summed E-state index contributed by atoms with van der Waals surface area (Å²) in [6.07, 6.45) is 0. The quantitative estimate of drug-likeness (QED) is 0.842. The molecule has 1 fully saturated rings. The summed E-state index contributed by atoms with van der Waals surface area (Å²) in [6.45, 7) is 0.799. The molecular formula is C9H9BrCl2N2S. The molecule has 0 amide bonds. The number of para-hydroxylation sites is 1. The number of benzene rings is 1. The van der Waals surface area contributed by atoms with E-state index in [2.05, 4.69) is 0 Å². The minimum Gasteiger partial charge on any atom is -0.318 e. The Hall–Kier alpha value is 0.1000. The summed E-state index contributed by atoms with van der Waals surface area (Å²) >= 11 is 13.6. The SMILES string of the molecule is Br.N=C1SCCN1c1c(Cl)cccc1Cl. The van der Waals surface area contributed by atoms with Crippen molar-refractivity contribution in [3.63, 3.8) is 0 Å². The number of nitrogens with one attached hydrogen (secondary N) is 1. The van der Waals surface area contributed by atoms with Gasteiger partial charge in [-0.3, -0.25) is 5.41 Å². The number of hydrogen-bond acceptors (Lipinski definition) is 2. The molecule has 1 heterocycles. The molecule has 0 aliphatic carbocycles. The summed E-state index contributed by atoms with van der Waals surface area (Å²) in [5.41, 5.74) is 0.755. The van der Waals surface area contributed by atoms with E-state index in [0.29, 0.717) is 15.2 Å². The molecule has 2 nitrogen and oxygen atoms in total. The van der Waals surface area contributed by atoms with Gasteiger partial charge in [-0.2, -0.15) is 0 Å². The number of nitrogens with zero attached hydrogens (tertiary/aromatic N) is 1. The third-order valence-electron chi connectivity index (χ3n) is 2.01. The Kier molecular flexibility index (Phi) is 4.77. The fraction of sp³-hybridized carbons (Fsp3) is 0.222. The lowest BCUT2D eigenvalue weighted by molar-refractivity contribution is 1.10. The van der Waals surface area contributed by atoms with E-state index in [1.54, 1.807) is 18.2 Å². The Morgan fingerprint density at radius 1 is 1.27 bits per heavy atom. The lowest BCUT2D eigenvalue weighted by Crippen LogP contribution is -2.23. The van der Waals surface area contributed by atoms with Crippen LogP contribution in [-0.4, -0.2) is 17.5 Å². The van der Waals surface area contributed by atoms with Gasteiger partial charge in [0.2, 0.25) is 0 Å². The van der Waals surface area contributed by atoms with Crippen LogP contribution in [0, 0.1) is 5.41 Å². The van der Waals surface area contributed by atoms with Gasteiger partial charge in [-0.15, -0.1) is 17.0 Å². The standard InChI is InChI=1S/C9H8Cl2N2S.BrH/c10-6-2-1-3-7(11)8(6)13-4-5-14-9(13)12;/h1-3,12H,4-5H2;1H. The lowest BCUT2D eigenvalue weighted by atomic mass is 10.3. The van der Waals surface area contributed by atoms with Gasteiger partial charge >= 0.3 is 0 Å². The number of thioether (sulfide) groups is 1. The highest BCUT2D eigenvalue weighted by Crippen LogP contribution is 2.36. The third-order valence-corrected chi connectivity index (χ3v) is 3.50. The summed E-state index contributed by atoms with van der Waals surface area (Å²) in [5, 5.41) is 9.43. The molecular weight excluding hydrogens is 319 g/mol. The number of halogens is 3. The Labute approximate surface area is 113 Å². The molecule has 0 atom stereocenters. The molecule has 1 aromatic rings. The maximum absolute atomic E-state index is 7.71. The average Bonchev–Trinajstić information content (AvgIpc) is 2.52. The van der Waals surface area contributed by atoms with E-state index in [-0.39, 0.29) is 17.0 Å². The number of anilines is 1. The van der Waals surface area contributed by atoms with E-state index in [1.807, 2.05) is 4.90 Å². The van der Waals surface area contributed by atoms with Crippen LogP contribution in [0.3, 0.4) is 0 Å². The Bertz CT molecular complexity index is 366. The van der Waals surface area contributed by atoms with Crippen molar-refractivity contribution in [3.8, 4) is 0 Å². The van der Waals surface area contributed by atoms with Gasteiger partial charge in [-0.25, -0.2) is 0 Å². The van der Waals surface area contributed by atoms with Crippen molar-refractivity contribution < 1.29 is 0 Å². The molecule has 1 aliphatic rings. The van der Waals surface area contributed by atoms with Gasteiger partial charge in [0.1, 0.15) is 0 Å². The van der Waals surface area contributed by atoms with Crippen molar-refractivity contribution in [1.29, 1.82) is 5.41 Å². The third kappa shape index (κ3) is 2.61. The molecule has 1 saturated heterocycles. The normalized spacial score (nSPS) is 15.3. The van der Waals surface area contributed by atoms with Crippen molar-refractivity contribution >= 4 is 62.8 Å². The van der Waals surface area contributed by atoms with Gasteiger partial charge < -0.3 is 4.90 Å². The molecule has 1 aromatic carbocycles. The average molecular weight is 328 g/mol. The zero-order valence-electron chi connectivity index (χ0n) is 7.67. The van der Waals surface area contributed by atoms with E-state index in [0.717, 1.165) is 18.0 Å². The lowest BCUT2D eigenvalue weighted by Gasteiger charge is -2.19. The first-order chi connectivity index (χ1) is 6.70. The highest BCUT2D eigenvalue weighted by Gasteiger charge is 2.23. The molecule has 0 unspecified atom stereocenters.